The van der Waals surface area contributed by atoms with Crippen LogP contribution < -0.4 is 15.2 Å². The highest BCUT2D eigenvalue weighted by Gasteiger charge is 2.13. The van der Waals surface area contributed by atoms with Crippen molar-refractivity contribution in [2.24, 2.45) is 5.14 Å². The molecule has 6 nitrogen and oxygen atoms in total. The van der Waals surface area contributed by atoms with Crippen molar-refractivity contribution >= 4 is 37.5 Å². The lowest BCUT2D eigenvalue weighted by atomic mass is 10.2. The fraction of sp³-hybridized carbons (Fsp3) is 0.133. The molecule has 0 aliphatic rings. The van der Waals surface area contributed by atoms with E-state index >= 15 is 0 Å². The minimum absolute atomic E-state index is 0.0259. The number of halogens is 1. The fourth-order valence-electron chi connectivity index (χ4n) is 1.89. The van der Waals surface area contributed by atoms with Gasteiger partial charge in [-0.3, -0.25) is 4.79 Å². The second-order valence-electron chi connectivity index (χ2n) is 4.79. The van der Waals surface area contributed by atoms with Crippen LogP contribution in [-0.2, 0) is 14.8 Å². The maximum absolute atomic E-state index is 11.9. The van der Waals surface area contributed by atoms with Gasteiger partial charge in [-0.2, -0.15) is 0 Å². The molecule has 0 spiro atoms. The minimum Gasteiger partial charge on any atom is -0.483 e. The number of nitrogens with one attached hydrogen (secondary N) is 1. The fourth-order valence-corrected chi connectivity index (χ4v) is 3.09. The van der Waals surface area contributed by atoms with Gasteiger partial charge in [-0.1, -0.05) is 18.2 Å². The molecule has 0 bridgehead atoms. The molecular formula is C15H15BrN2O4S. The predicted octanol–water partition coefficient (Wildman–Crippen LogP) is 2.42. The number of hydrogen-bond acceptors (Lipinski definition) is 4. The van der Waals surface area contributed by atoms with Gasteiger partial charge in [0.05, 0.1) is 9.37 Å². The van der Waals surface area contributed by atoms with Gasteiger partial charge in [0.15, 0.2) is 6.61 Å². The molecular weight excluding hydrogens is 384 g/mol. The predicted molar refractivity (Wildman–Crippen MR) is 90.8 cm³/mol. The van der Waals surface area contributed by atoms with Gasteiger partial charge in [-0.05, 0) is 52.7 Å². The molecule has 1 amide bonds. The van der Waals surface area contributed by atoms with Crippen molar-refractivity contribution < 1.29 is 17.9 Å². The molecule has 0 aliphatic heterocycles. The molecule has 0 radical (unpaired) electrons. The first-order valence-corrected chi connectivity index (χ1v) is 8.92. The molecule has 2 aromatic rings. The Hall–Kier alpha value is -1.90. The highest BCUT2D eigenvalue weighted by molar-refractivity contribution is 9.10. The number of carbonyl (C=O) groups excluding carboxylic acids is 1. The van der Waals surface area contributed by atoms with E-state index in [-0.39, 0.29) is 11.5 Å². The van der Waals surface area contributed by atoms with Gasteiger partial charge < -0.3 is 10.1 Å². The Morgan fingerprint density at radius 2 is 1.96 bits per heavy atom. The van der Waals surface area contributed by atoms with E-state index in [2.05, 4.69) is 21.2 Å². The summed E-state index contributed by atoms with van der Waals surface area (Å²) in [6, 6.07) is 11.6. The second kappa shape index (κ2) is 7.12. The molecule has 23 heavy (non-hydrogen) atoms. The van der Waals surface area contributed by atoms with Gasteiger partial charge >= 0.3 is 0 Å². The van der Waals surface area contributed by atoms with E-state index in [0.29, 0.717) is 17.0 Å². The molecule has 0 fully saturated rings. The summed E-state index contributed by atoms with van der Waals surface area (Å²) >= 11 is 3.32. The summed E-state index contributed by atoms with van der Waals surface area (Å²) < 4.78 is 29.1. The first kappa shape index (κ1) is 17.5. The number of sulfonamides is 1. The van der Waals surface area contributed by atoms with Crippen LogP contribution in [-0.4, -0.2) is 20.9 Å². The standard InChI is InChI=1S/C15H15BrN2O4S/c1-10-6-7-11(8-14(10)23(17,20)21)18-15(19)9-22-13-5-3-2-4-12(13)16/h2-8H,9H2,1H3,(H,18,19)(H2,17,20,21). The van der Waals surface area contributed by atoms with Crippen molar-refractivity contribution in [2.45, 2.75) is 11.8 Å². The molecule has 0 atom stereocenters. The second-order valence-corrected chi connectivity index (χ2v) is 7.18. The molecule has 2 aromatic carbocycles. The monoisotopic (exact) mass is 398 g/mol. The Labute approximate surface area is 142 Å². The van der Waals surface area contributed by atoms with Crippen LogP contribution in [0.25, 0.3) is 0 Å². The van der Waals surface area contributed by atoms with E-state index < -0.39 is 15.9 Å². The molecule has 0 heterocycles. The zero-order valence-corrected chi connectivity index (χ0v) is 14.6. The Kier molecular flexibility index (Phi) is 5.40. The zero-order valence-electron chi connectivity index (χ0n) is 12.2. The van der Waals surface area contributed by atoms with E-state index in [4.69, 9.17) is 9.88 Å². The maximum Gasteiger partial charge on any atom is 0.262 e. The number of benzene rings is 2. The van der Waals surface area contributed by atoms with Crippen molar-refractivity contribution in [3.63, 3.8) is 0 Å². The van der Waals surface area contributed by atoms with E-state index in [1.54, 1.807) is 37.3 Å². The number of hydrogen-bond donors (Lipinski definition) is 2. The van der Waals surface area contributed by atoms with Crippen LogP contribution >= 0.6 is 15.9 Å². The van der Waals surface area contributed by atoms with Gasteiger partial charge in [0, 0.05) is 5.69 Å². The van der Waals surface area contributed by atoms with Gasteiger partial charge in [-0.15, -0.1) is 0 Å². The van der Waals surface area contributed by atoms with Crippen molar-refractivity contribution in [1.29, 1.82) is 0 Å². The molecule has 0 saturated carbocycles. The van der Waals surface area contributed by atoms with Crippen LogP contribution in [0, 0.1) is 6.92 Å². The van der Waals surface area contributed by atoms with Gasteiger partial charge in [0.25, 0.3) is 5.91 Å². The Morgan fingerprint density at radius 3 is 2.61 bits per heavy atom. The lowest BCUT2D eigenvalue weighted by Gasteiger charge is -2.10. The SMILES string of the molecule is Cc1ccc(NC(=O)COc2ccccc2Br)cc1S(N)(=O)=O. The summed E-state index contributed by atoms with van der Waals surface area (Å²) in [7, 11) is -3.84. The quantitative estimate of drug-likeness (QED) is 0.807. The molecule has 0 aliphatic carbocycles. The third-order valence-electron chi connectivity index (χ3n) is 2.97. The van der Waals surface area contributed by atoms with Gasteiger partial charge in [0.1, 0.15) is 5.75 Å². The molecule has 122 valence electrons. The Morgan fingerprint density at radius 1 is 1.26 bits per heavy atom. The number of aryl methyl sites for hydroxylation is 1. The van der Waals surface area contributed by atoms with Crippen molar-refractivity contribution in [1.82, 2.24) is 0 Å². The van der Waals surface area contributed by atoms with Crippen LogP contribution in [0.1, 0.15) is 5.56 Å². The van der Waals surface area contributed by atoms with Gasteiger partial charge in [-0.25, -0.2) is 13.6 Å². The number of ether oxygens (including phenoxy) is 1. The number of para-hydroxylation sites is 1. The molecule has 8 heteroatoms. The number of rotatable bonds is 5. The molecule has 2 rings (SSSR count). The van der Waals surface area contributed by atoms with Crippen LogP contribution in [0.15, 0.2) is 51.8 Å². The molecule has 0 unspecified atom stereocenters. The first-order chi connectivity index (χ1) is 10.8. The number of nitrogens with two attached hydrogens (primary N) is 1. The van der Waals surface area contributed by atoms with Crippen molar-refractivity contribution in [2.75, 3.05) is 11.9 Å². The summed E-state index contributed by atoms with van der Waals surface area (Å²) in [5, 5.41) is 7.71. The average molecular weight is 399 g/mol. The zero-order chi connectivity index (χ0) is 17.0. The molecule has 0 aromatic heterocycles. The van der Waals surface area contributed by atoms with Gasteiger partial charge in [0.2, 0.25) is 10.0 Å². The number of anilines is 1. The highest BCUT2D eigenvalue weighted by Crippen LogP contribution is 2.24. The number of amides is 1. The normalized spacial score (nSPS) is 11.1. The summed E-state index contributed by atoms with van der Waals surface area (Å²) in [6.45, 7) is 1.42. The third kappa shape index (κ3) is 4.78. The largest absolute Gasteiger partial charge is 0.483 e. The van der Waals surface area contributed by atoms with Crippen LogP contribution in [0.5, 0.6) is 5.75 Å². The Balaban J connectivity index is 2.05. The van der Waals surface area contributed by atoms with Crippen molar-refractivity contribution in [3.8, 4) is 5.75 Å². The summed E-state index contributed by atoms with van der Waals surface area (Å²) in [6.07, 6.45) is 0. The maximum atomic E-state index is 11.9. The summed E-state index contributed by atoms with van der Waals surface area (Å²) in [4.78, 5) is 11.9. The highest BCUT2D eigenvalue weighted by atomic mass is 79.9. The van der Waals surface area contributed by atoms with Crippen molar-refractivity contribution in [3.05, 3.63) is 52.5 Å². The number of carbonyl (C=O) groups is 1. The lowest BCUT2D eigenvalue weighted by Crippen LogP contribution is -2.21. The smallest absolute Gasteiger partial charge is 0.262 e. The van der Waals surface area contributed by atoms with E-state index in [1.165, 1.54) is 6.07 Å². The van der Waals surface area contributed by atoms with E-state index in [9.17, 15) is 13.2 Å². The first-order valence-electron chi connectivity index (χ1n) is 6.58. The topological polar surface area (TPSA) is 98.5 Å². The van der Waals surface area contributed by atoms with Crippen LogP contribution in [0.4, 0.5) is 5.69 Å². The summed E-state index contributed by atoms with van der Waals surface area (Å²) in [5.41, 5.74) is 0.843. The Bertz CT molecular complexity index is 837. The molecule has 3 N–H and O–H groups in total. The molecule has 0 saturated heterocycles. The average Bonchev–Trinajstić information content (AvgIpc) is 2.47. The lowest BCUT2D eigenvalue weighted by molar-refractivity contribution is -0.118. The van der Waals surface area contributed by atoms with Crippen LogP contribution in [0.3, 0.4) is 0 Å². The summed E-state index contributed by atoms with van der Waals surface area (Å²) in [5.74, 6) is 0.127. The minimum atomic E-state index is -3.84. The van der Waals surface area contributed by atoms with E-state index in [1.807, 2.05) is 6.07 Å². The third-order valence-corrected chi connectivity index (χ3v) is 4.68. The van der Waals surface area contributed by atoms with Crippen LogP contribution in [0.2, 0.25) is 0 Å². The van der Waals surface area contributed by atoms with E-state index in [0.717, 1.165) is 4.47 Å². The number of primary sulfonamides is 1.